The fraction of sp³-hybridized carbons (Fsp3) is 0.286. The number of aromatic nitrogens is 2. The lowest BCUT2D eigenvalue weighted by Gasteiger charge is -2.17. The number of imidazole rings is 1. The van der Waals surface area contributed by atoms with Crippen LogP contribution in [0, 0.1) is 0 Å². The molecule has 7 nitrogen and oxygen atoms in total. The number of hydrogen-bond donors (Lipinski definition) is 4. The molecule has 0 aliphatic rings. The molecule has 0 aliphatic heterocycles. The number of hydrogen-bond acceptors (Lipinski definition) is 4. The van der Waals surface area contributed by atoms with E-state index in [0.29, 0.717) is 12.1 Å². The molecular formula is C7H10N4O3. The fourth-order valence-corrected chi connectivity index (χ4v) is 1.01. The highest BCUT2D eigenvalue weighted by atomic mass is 16.3. The standard InChI is InChI=1S/C7H10N4O3/c8-7(14)5(11-3-12)6(13)4-1-9-2-10-4/h1-3,5-6,13H,(H2,8,14)(H,9,10)(H,11,12)/t5-,6+/m0/s1. The molecule has 1 aromatic rings. The lowest BCUT2D eigenvalue weighted by molar-refractivity contribution is -0.125. The van der Waals surface area contributed by atoms with Gasteiger partial charge in [0.15, 0.2) is 0 Å². The number of aliphatic hydroxyl groups excluding tert-OH is 1. The molecule has 2 atom stereocenters. The topological polar surface area (TPSA) is 121 Å². The first-order valence-electron chi connectivity index (χ1n) is 3.82. The molecule has 0 unspecified atom stereocenters. The Morgan fingerprint density at radius 1 is 1.79 bits per heavy atom. The van der Waals surface area contributed by atoms with E-state index in [-0.39, 0.29) is 0 Å². The molecule has 5 N–H and O–H groups in total. The van der Waals surface area contributed by atoms with Crippen molar-refractivity contribution in [2.24, 2.45) is 5.73 Å². The molecular weight excluding hydrogens is 188 g/mol. The molecule has 14 heavy (non-hydrogen) atoms. The van der Waals surface area contributed by atoms with Gasteiger partial charge in [-0.2, -0.15) is 0 Å². The zero-order chi connectivity index (χ0) is 10.6. The zero-order valence-corrected chi connectivity index (χ0v) is 7.18. The first kappa shape index (κ1) is 10.2. The average Bonchev–Trinajstić information content (AvgIpc) is 2.65. The van der Waals surface area contributed by atoms with Crippen molar-refractivity contribution < 1.29 is 14.7 Å². The highest BCUT2D eigenvalue weighted by Gasteiger charge is 2.26. The van der Waals surface area contributed by atoms with Gasteiger partial charge in [-0.1, -0.05) is 0 Å². The summed E-state index contributed by atoms with van der Waals surface area (Å²) >= 11 is 0. The smallest absolute Gasteiger partial charge is 0.243 e. The van der Waals surface area contributed by atoms with Crippen LogP contribution in [0.4, 0.5) is 0 Å². The van der Waals surface area contributed by atoms with Crippen molar-refractivity contribution in [1.29, 1.82) is 0 Å². The number of primary amides is 1. The van der Waals surface area contributed by atoms with Gasteiger partial charge in [0.2, 0.25) is 12.3 Å². The van der Waals surface area contributed by atoms with E-state index < -0.39 is 18.1 Å². The summed E-state index contributed by atoms with van der Waals surface area (Å²) in [6, 6.07) is -1.16. The second-order valence-electron chi connectivity index (χ2n) is 2.62. The maximum atomic E-state index is 10.8. The number of aliphatic hydroxyl groups is 1. The molecule has 2 amide bonds. The van der Waals surface area contributed by atoms with Gasteiger partial charge < -0.3 is 21.1 Å². The third-order valence-corrected chi connectivity index (χ3v) is 1.71. The van der Waals surface area contributed by atoms with Crippen molar-refractivity contribution in [1.82, 2.24) is 15.3 Å². The summed E-state index contributed by atoms with van der Waals surface area (Å²) in [4.78, 5) is 27.2. The second-order valence-corrected chi connectivity index (χ2v) is 2.62. The quantitative estimate of drug-likeness (QED) is 0.410. The lowest BCUT2D eigenvalue weighted by atomic mass is 10.1. The number of nitrogens with zero attached hydrogens (tertiary/aromatic N) is 1. The van der Waals surface area contributed by atoms with Gasteiger partial charge in [0.25, 0.3) is 0 Å². The molecule has 0 radical (unpaired) electrons. The minimum absolute atomic E-state index is 0.301. The maximum absolute atomic E-state index is 10.8. The van der Waals surface area contributed by atoms with Crippen LogP contribution >= 0.6 is 0 Å². The third kappa shape index (κ3) is 2.07. The molecule has 1 rings (SSSR count). The number of carbonyl (C=O) groups excluding carboxylic acids is 2. The third-order valence-electron chi connectivity index (χ3n) is 1.71. The molecule has 0 spiro atoms. The first-order chi connectivity index (χ1) is 6.66. The number of rotatable bonds is 5. The van der Waals surface area contributed by atoms with Crippen molar-refractivity contribution in [3.8, 4) is 0 Å². The summed E-state index contributed by atoms with van der Waals surface area (Å²) in [7, 11) is 0. The monoisotopic (exact) mass is 198 g/mol. The number of H-pyrrole nitrogens is 1. The largest absolute Gasteiger partial charge is 0.384 e. The van der Waals surface area contributed by atoms with Crippen LogP contribution in [0.3, 0.4) is 0 Å². The summed E-state index contributed by atoms with van der Waals surface area (Å²) in [5.74, 6) is -0.820. The van der Waals surface area contributed by atoms with E-state index >= 15 is 0 Å². The molecule has 0 fully saturated rings. The normalized spacial score (nSPS) is 14.4. The number of amides is 2. The first-order valence-corrected chi connectivity index (χ1v) is 3.82. The van der Waals surface area contributed by atoms with Crippen molar-refractivity contribution >= 4 is 12.3 Å². The van der Waals surface area contributed by atoms with Crippen LogP contribution in [0.5, 0.6) is 0 Å². The van der Waals surface area contributed by atoms with Gasteiger partial charge >= 0.3 is 0 Å². The molecule has 76 valence electrons. The molecule has 7 heteroatoms. The molecule has 0 saturated carbocycles. The Kier molecular flexibility index (Phi) is 3.19. The van der Waals surface area contributed by atoms with Crippen molar-refractivity contribution in [2.45, 2.75) is 12.1 Å². The van der Waals surface area contributed by atoms with Gasteiger partial charge in [0.05, 0.1) is 18.2 Å². The van der Waals surface area contributed by atoms with Crippen molar-refractivity contribution in [3.63, 3.8) is 0 Å². The Balaban J connectivity index is 2.78. The highest BCUT2D eigenvalue weighted by Crippen LogP contribution is 2.12. The Morgan fingerprint density at radius 2 is 2.50 bits per heavy atom. The number of nitrogens with two attached hydrogens (primary N) is 1. The van der Waals surface area contributed by atoms with Gasteiger partial charge in [-0.25, -0.2) is 4.98 Å². The molecule has 0 aromatic carbocycles. The summed E-state index contributed by atoms with van der Waals surface area (Å²) in [5.41, 5.74) is 5.28. The zero-order valence-electron chi connectivity index (χ0n) is 7.18. The van der Waals surface area contributed by atoms with E-state index in [1.165, 1.54) is 12.5 Å². The van der Waals surface area contributed by atoms with Crippen LogP contribution in [0.15, 0.2) is 12.5 Å². The van der Waals surface area contributed by atoms with Gasteiger partial charge in [-0.3, -0.25) is 9.59 Å². The summed E-state index contributed by atoms with van der Waals surface area (Å²) in [5, 5.41) is 11.7. The van der Waals surface area contributed by atoms with Crippen LogP contribution in [0.25, 0.3) is 0 Å². The van der Waals surface area contributed by atoms with Gasteiger partial charge in [-0.05, 0) is 0 Å². The van der Waals surface area contributed by atoms with Gasteiger partial charge in [0.1, 0.15) is 12.1 Å². The second kappa shape index (κ2) is 4.38. The van der Waals surface area contributed by atoms with E-state index in [0.717, 1.165) is 0 Å². The predicted molar refractivity (Wildman–Crippen MR) is 45.7 cm³/mol. The maximum Gasteiger partial charge on any atom is 0.243 e. The van der Waals surface area contributed by atoms with Crippen molar-refractivity contribution in [2.75, 3.05) is 0 Å². The summed E-state index contributed by atoms with van der Waals surface area (Å²) < 4.78 is 0. The van der Waals surface area contributed by atoms with E-state index in [4.69, 9.17) is 5.73 Å². The molecule has 0 bridgehead atoms. The summed E-state index contributed by atoms with van der Waals surface area (Å²) in [6.07, 6.45) is 1.76. The van der Waals surface area contributed by atoms with Crippen molar-refractivity contribution in [3.05, 3.63) is 18.2 Å². The predicted octanol–water partition coefficient (Wildman–Crippen LogP) is -1.96. The van der Waals surface area contributed by atoms with Gasteiger partial charge in [-0.15, -0.1) is 0 Å². The minimum Gasteiger partial charge on any atom is -0.384 e. The average molecular weight is 198 g/mol. The van der Waals surface area contributed by atoms with Crippen LogP contribution in [0.2, 0.25) is 0 Å². The lowest BCUT2D eigenvalue weighted by Crippen LogP contribution is -2.45. The van der Waals surface area contributed by atoms with Crippen LogP contribution in [-0.2, 0) is 9.59 Å². The summed E-state index contributed by atoms with van der Waals surface area (Å²) in [6.45, 7) is 0. The fourth-order valence-electron chi connectivity index (χ4n) is 1.01. The molecule has 1 heterocycles. The minimum atomic E-state index is -1.22. The Morgan fingerprint density at radius 3 is 2.93 bits per heavy atom. The van der Waals surface area contributed by atoms with Crippen LogP contribution in [-0.4, -0.2) is 33.4 Å². The van der Waals surface area contributed by atoms with E-state index in [1.54, 1.807) is 0 Å². The Hall–Kier alpha value is -1.89. The molecule has 0 aliphatic carbocycles. The number of carbonyl (C=O) groups is 2. The van der Waals surface area contributed by atoms with E-state index in [1.807, 2.05) is 0 Å². The van der Waals surface area contributed by atoms with Crippen LogP contribution in [0.1, 0.15) is 11.8 Å². The highest BCUT2D eigenvalue weighted by molar-refractivity contribution is 5.82. The SMILES string of the molecule is NC(=O)[C@@H](NC=O)[C@H](O)c1cnc[nH]1. The van der Waals surface area contributed by atoms with Gasteiger partial charge in [0, 0.05) is 0 Å². The number of aromatic amines is 1. The van der Waals surface area contributed by atoms with E-state index in [9.17, 15) is 14.7 Å². The van der Waals surface area contributed by atoms with Crippen LogP contribution < -0.4 is 11.1 Å². The molecule has 0 saturated heterocycles. The Bertz CT molecular complexity index is 311. The van der Waals surface area contributed by atoms with E-state index in [2.05, 4.69) is 15.3 Å². The molecule has 1 aromatic heterocycles. The Labute approximate surface area is 79.3 Å². The number of nitrogens with one attached hydrogen (secondary N) is 2.